The molecule has 1 fully saturated rings. The molecule has 0 unspecified atom stereocenters. The summed E-state index contributed by atoms with van der Waals surface area (Å²) in [5.41, 5.74) is 2.34. The highest BCUT2D eigenvalue weighted by Crippen LogP contribution is 2.26. The number of rotatable bonds is 13. The average Bonchev–Trinajstić information content (AvgIpc) is 2.92. The molecule has 3 N–H and O–H groups in total. The summed E-state index contributed by atoms with van der Waals surface area (Å²) in [6.07, 6.45) is 10.9. The minimum atomic E-state index is -0.223. The number of halogens is 1. The molecule has 0 spiro atoms. The fourth-order valence-corrected chi connectivity index (χ4v) is 5.58. The largest absolute Gasteiger partial charge is 0.506 e. The topological polar surface area (TPSA) is 85.4 Å². The number of carbonyl (C=O) groups is 1. The van der Waals surface area contributed by atoms with E-state index in [9.17, 15) is 19.1 Å². The van der Waals surface area contributed by atoms with Crippen LogP contribution in [-0.4, -0.2) is 46.6 Å². The summed E-state index contributed by atoms with van der Waals surface area (Å²) in [6, 6.07) is 13.8. The van der Waals surface area contributed by atoms with Gasteiger partial charge in [-0.15, -0.1) is 0 Å². The lowest BCUT2D eigenvalue weighted by atomic mass is 9.93. The molecule has 1 amide bonds. The molecule has 1 heterocycles. The lowest BCUT2D eigenvalue weighted by Gasteiger charge is -2.34. The summed E-state index contributed by atoms with van der Waals surface area (Å²) in [4.78, 5) is 29.7. The van der Waals surface area contributed by atoms with Gasteiger partial charge in [-0.1, -0.05) is 43.9 Å². The number of aromatic hydroxyl groups is 1. The molecule has 0 saturated heterocycles. The molecule has 2 aromatic carbocycles. The van der Waals surface area contributed by atoms with Crippen LogP contribution in [0.25, 0.3) is 10.9 Å². The van der Waals surface area contributed by atoms with Crippen molar-refractivity contribution in [3.63, 3.8) is 0 Å². The summed E-state index contributed by atoms with van der Waals surface area (Å²) in [6.45, 7) is 2.14. The number of aromatic nitrogens is 1. The molecule has 3 aromatic rings. The van der Waals surface area contributed by atoms with Crippen molar-refractivity contribution in [2.24, 2.45) is 0 Å². The normalized spacial score (nSPS) is 14.1. The third kappa shape index (κ3) is 7.90. The number of nitrogens with zero attached hydrogens (tertiary/aromatic N) is 1. The molecule has 1 aromatic heterocycles. The van der Waals surface area contributed by atoms with Gasteiger partial charge < -0.3 is 20.3 Å². The predicted octanol–water partition coefficient (Wildman–Crippen LogP) is 5.47. The second-order valence-electron chi connectivity index (χ2n) is 10.4. The van der Waals surface area contributed by atoms with E-state index in [1.165, 1.54) is 31.4 Å². The number of amides is 1. The molecule has 6 nitrogen and oxygen atoms in total. The molecule has 1 aliphatic carbocycles. The number of H-pyrrole nitrogens is 1. The number of phenols is 1. The Hall–Kier alpha value is -3.19. The number of nitrogens with one attached hydrogen (secondary N) is 2. The number of aryl methyl sites for hydroxylation is 1. The summed E-state index contributed by atoms with van der Waals surface area (Å²) in [7, 11) is 0. The van der Waals surface area contributed by atoms with Gasteiger partial charge in [0.15, 0.2) is 0 Å². The standard InChI is InChI=1S/C31H40FN3O3/c32-25-10-7-8-23(22-25)17-19-33-20-18-30(38)35(26-11-4-1-5-12-26)21-6-2-3-9-24-13-15-28(36)31-27(24)14-16-29(37)34-31/h7-8,10,13-16,22,26,33,36H,1-6,9,11-12,17-21H2,(H,34,37). The first-order valence-electron chi connectivity index (χ1n) is 14.1. The quantitative estimate of drug-likeness (QED) is 0.261. The summed E-state index contributed by atoms with van der Waals surface area (Å²) < 4.78 is 13.3. The van der Waals surface area contributed by atoms with Gasteiger partial charge in [-0.25, -0.2) is 4.39 Å². The average molecular weight is 522 g/mol. The SMILES string of the molecule is O=C(CCNCCc1cccc(F)c1)N(CCCCCc1ccc(O)c2[nH]c(=O)ccc12)C1CCCCC1. The molecule has 0 aliphatic heterocycles. The Labute approximate surface area is 224 Å². The van der Waals surface area contributed by atoms with E-state index in [1.54, 1.807) is 24.3 Å². The number of unbranched alkanes of at least 4 members (excludes halogenated alkanes) is 2. The Bertz CT molecular complexity index is 1250. The molecule has 204 valence electrons. The van der Waals surface area contributed by atoms with Crippen molar-refractivity contribution in [3.8, 4) is 5.75 Å². The van der Waals surface area contributed by atoms with E-state index in [0.29, 0.717) is 24.5 Å². The van der Waals surface area contributed by atoms with Crippen molar-refractivity contribution in [2.45, 2.75) is 76.7 Å². The zero-order valence-electron chi connectivity index (χ0n) is 22.2. The number of benzene rings is 2. The van der Waals surface area contributed by atoms with Crippen LogP contribution in [0.2, 0.25) is 0 Å². The second kappa shape index (κ2) is 14.1. The number of hydrogen-bond donors (Lipinski definition) is 3. The third-order valence-electron chi connectivity index (χ3n) is 7.64. The molecule has 0 atom stereocenters. The predicted molar refractivity (Wildman–Crippen MR) is 150 cm³/mol. The minimum absolute atomic E-state index is 0.0894. The van der Waals surface area contributed by atoms with E-state index in [0.717, 1.165) is 74.5 Å². The maximum Gasteiger partial charge on any atom is 0.248 e. The lowest BCUT2D eigenvalue weighted by molar-refractivity contribution is -0.134. The molecule has 38 heavy (non-hydrogen) atoms. The Morgan fingerprint density at radius 1 is 1.00 bits per heavy atom. The molecule has 4 rings (SSSR count). The highest BCUT2D eigenvalue weighted by Gasteiger charge is 2.24. The van der Waals surface area contributed by atoms with Gasteiger partial charge in [0.05, 0.1) is 5.52 Å². The van der Waals surface area contributed by atoms with Crippen molar-refractivity contribution in [3.05, 3.63) is 75.8 Å². The zero-order chi connectivity index (χ0) is 26.7. The van der Waals surface area contributed by atoms with Gasteiger partial charge in [-0.05, 0) is 80.5 Å². The van der Waals surface area contributed by atoms with Gasteiger partial charge in [-0.3, -0.25) is 9.59 Å². The van der Waals surface area contributed by atoms with E-state index in [4.69, 9.17) is 0 Å². The number of pyridine rings is 1. The van der Waals surface area contributed by atoms with E-state index in [2.05, 4.69) is 15.2 Å². The highest BCUT2D eigenvalue weighted by molar-refractivity contribution is 5.87. The van der Waals surface area contributed by atoms with Crippen LogP contribution in [0.3, 0.4) is 0 Å². The Morgan fingerprint density at radius 2 is 1.84 bits per heavy atom. The number of hydrogen-bond acceptors (Lipinski definition) is 4. The van der Waals surface area contributed by atoms with Gasteiger partial charge in [-0.2, -0.15) is 0 Å². The van der Waals surface area contributed by atoms with Crippen LogP contribution in [-0.2, 0) is 17.6 Å². The van der Waals surface area contributed by atoms with Gasteiger partial charge in [0, 0.05) is 37.0 Å². The third-order valence-corrected chi connectivity index (χ3v) is 7.64. The molecule has 1 saturated carbocycles. The smallest absolute Gasteiger partial charge is 0.248 e. The van der Waals surface area contributed by atoms with Crippen LogP contribution in [0.5, 0.6) is 5.75 Å². The van der Waals surface area contributed by atoms with Crippen LogP contribution in [0.15, 0.2) is 53.3 Å². The van der Waals surface area contributed by atoms with Crippen LogP contribution in [0.4, 0.5) is 4.39 Å². The Kier molecular flexibility index (Phi) is 10.3. The first-order chi connectivity index (χ1) is 18.5. The van der Waals surface area contributed by atoms with Gasteiger partial charge >= 0.3 is 0 Å². The fraction of sp³-hybridized carbons (Fsp3) is 0.484. The van der Waals surface area contributed by atoms with Gasteiger partial charge in [0.25, 0.3) is 0 Å². The highest BCUT2D eigenvalue weighted by atomic mass is 19.1. The fourth-order valence-electron chi connectivity index (χ4n) is 5.58. The molecular weight excluding hydrogens is 481 g/mol. The van der Waals surface area contributed by atoms with Crippen molar-refractivity contribution < 1.29 is 14.3 Å². The lowest BCUT2D eigenvalue weighted by Crippen LogP contribution is -2.43. The van der Waals surface area contributed by atoms with Crippen LogP contribution >= 0.6 is 0 Å². The summed E-state index contributed by atoms with van der Waals surface area (Å²) in [5, 5.41) is 14.3. The van der Waals surface area contributed by atoms with Crippen molar-refractivity contribution >= 4 is 16.8 Å². The van der Waals surface area contributed by atoms with Gasteiger partial charge in [0.2, 0.25) is 11.5 Å². The summed E-state index contributed by atoms with van der Waals surface area (Å²) >= 11 is 0. The van der Waals surface area contributed by atoms with E-state index < -0.39 is 0 Å². The first-order valence-corrected chi connectivity index (χ1v) is 14.1. The van der Waals surface area contributed by atoms with Crippen molar-refractivity contribution in [1.82, 2.24) is 15.2 Å². The molecule has 0 radical (unpaired) electrons. The summed E-state index contributed by atoms with van der Waals surface area (Å²) in [5.74, 6) is 0.101. The minimum Gasteiger partial charge on any atom is -0.506 e. The van der Waals surface area contributed by atoms with Crippen LogP contribution < -0.4 is 10.9 Å². The van der Waals surface area contributed by atoms with E-state index >= 15 is 0 Å². The number of aromatic amines is 1. The van der Waals surface area contributed by atoms with Crippen LogP contribution in [0, 0.1) is 5.82 Å². The Balaban J connectivity index is 1.23. The molecular formula is C31H40FN3O3. The van der Waals surface area contributed by atoms with Gasteiger partial charge in [0.1, 0.15) is 11.6 Å². The van der Waals surface area contributed by atoms with E-state index in [-0.39, 0.29) is 23.0 Å². The Morgan fingerprint density at radius 3 is 2.66 bits per heavy atom. The first kappa shape index (κ1) is 27.8. The monoisotopic (exact) mass is 521 g/mol. The van der Waals surface area contributed by atoms with Crippen LogP contribution in [0.1, 0.15) is 68.9 Å². The maximum atomic E-state index is 13.3. The zero-order valence-corrected chi connectivity index (χ0v) is 22.2. The van der Waals surface area contributed by atoms with Crippen molar-refractivity contribution in [1.29, 1.82) is 0 Å². The second-order valence-corrected chi connectivity index (χ2v) is 10.4. The molecule has 7 heteroatoms. The number of phenolic OH excluding ortho intramolecular Hbond substituents is 1. The van der Waals surface area contributed by atoms with E-state index in [1.807, 2.05) is 12.1 Å². The molecule has 1 aliphatic rings. The maximum absolute atomic E-state index is 13.3. The molecule has 0 bridgehead atoms. The number of carbonyl (C=O) groups excluding carboxylic acids is 1. The number of fused-ring (bicyclic) bond motifs is 1. The van der Waals surface area contributed by atoms with Crippen molar-refractivity contribution in [2.75, 3.05) is 19.6 Å².